The molecular formula is C23H22F2N4O2. The molecule has 1 aliphatic carbocycles. The van der Waals surface area contributed by atoms with Gasteiger partial charge in [0.1, 0.15) is 11.6 Å². The number of anilines is 1. The van der Waals surface area contributed by atoms with Crippen LogP contribution in [0.3, 0.4) is 0 Å². The minimum absolute atomic E-state index is 0.111. The summed E-state index contributed by atoms with van der Waals surface area (Å²) in [7, 11) is 0. The Bertz CT molecular complexity index is 1090. The number of hydrogen-bond donors (Lipinski definition) is 1. The standard InChI is InChI=1S/C23H22F2N4O2/c1-14-19(12-27-15(2)28-14)31-13-23(17-6-4-3-5-7-17)11-18(23)22(30)29-20-10-16(21(24)25)8-9-26-20/h3-10,12,18,21H,11,13H2,1-2H3,(H,26,29,30)/t18-,23+/m0/s1. The van der Waals surface area contributed by atoms with E-state index in [4.69, 9.17) is 4.74 Å². The van der Waals surface area contributed by atoms with Gasteiger partial charge in [-0.2, -0.15) is 0 Å². The number of nitrogens with zero attached hydrogens (tertiary/aromatic N) is 3. The van der Waals surface area contributed by atoms with Gasteiger partial charge >= 0.3 is 0 Å². The summed E-state index contributed by atoms with van der Waals surface area (Å²) in [5.41, 5.74) is 0.998. The normalized spacial score (nSPS) is 19.8. The molecule has 2 aromatic heterocycles. The Labute approximate surface area is 178 Å². The van der Waals surface area contributed by atoms with Crippen LogP contribution in [-0.4, -0.2) is 27.5 Å². The SMILES string of the molecule is Cc1ncc(OC[C@@]2(c3ccccc3)C[C@H]2C(=O)Nc2cc(C(F)F)ccn2)c(C)n1. The van der Waals surface area contributed by atoms with E-state index in [1.54, 1.807) is 13.1 Å². The van der Waals surface area contributed by atoms with Crippen molar-refractivity contribution < 1.29 is 18.3 Å². The van der Waals surface area contributed by atoms with Gasteiger partial charge in [-0.3, -0.25) is 4.79 Å². The van der Waals surface area contributed by atoms with Gasteiger partial charge in [-0.25, -0.2) is 23.7 Å². The number of ether oxygens (including phenoxy) is 1. The van der Waals surface area contributed by atoms with Crippen LogP contribution in [0.5, 0.6) is 5.75 Å². The fourth-order valence-corrected chi connectivity index (χ4v) is 3.77. The monoisotopic (exact) mass is 424 g/mol. The van der Waals surface area contributed by atoms with E-state index in [-0.39, 0.29) is 29.8 Å². The minimum Gasteiger partial charge on any atom is -0.489 e. The summed E-state index contributed by atoms with van der Waals surface area (Å²) in [4.78, 5) is 25.4. The van der Waals surface area contributed by atoms with E-state index in [0.29, 0.717) is 18.0 Å². The first-order valence-electron chi connectivity index (χ1n) is 9.92. The fraction of sp³-hybridized carbons (Fsp3) is 0.304. The molecular weight excluding hydrogens is 402 g/mol. The molecule has 1 N–H and O–H groups in total. The lowest BCUT2D eigenvalue weighted by molar-refractivity contribution is -0.117. The first kappa shape index (κ1) is 20.8. The summed E-state index contributed by atoms with van der Waals surface area (Å²) >= 11 is 0. The second-order valence-corrected chi connectivity index (χ2v) is 7.70. The van der Waals surface area contributed by atoms with Gasteiger partial charge in [0, 0.05) is 17.2 Å². The van der Waals surface area contributed by atoms with Gasteiger partial charge in [-0.15, -0.1) is 0 Å². The van der Waals surface area contributed by atoms with Crippen LogP contribution in [0.4, 0.5) is 14.6 Å². The summed E-state index contributed by atoms with van der Waals surface area (Å²) in [6.45, 7) is 3.92. The molecule has 0 spiro atoms. The molecule has 0 bridgehead atoms. The van der Waals surface area contributed by atoms with E-state index in [0.717, 1.165) is 11.3 Å². The van der Waals surface area contributed by atoms with Crippen molar-refractivity contribution in [2.75, 3.05) is 11.9 Å². The third-order valence-corrected chi connectivity index (χ3v) is 5.57. The number of halogens is 2. The highest BCUT2D eigenvalue weighted by Crippen LogP contribution is 2.55. The smallest absolute Gasteiger partial charge is 0.264 e. The van der Waals surface area contributed by atoms with Crippen molar-refractivity contribution in [2.24, 2.45) is 5.92 Å². The Morgan fingerprint density at radius 1 is 1.23 bits per heavy atom. The molecule has 1 aromatic carbocycles. The largest absolute Gasteiger partial charge is 0.489 e. The number of carbonyl (C=O) groups excluding carboxylic acids is 1. The fourth-order valence-electron chi connectivity index (χ4n) is 3.77. The number of rotatable bonds is 7. The van der Waals surface area contributed by atoms with E-state index < -0.39 is 11.8 Å². The number of hydrogen-bond acceptors (Lipinski definition) is 5. The number of aromatic nitrogens is 3. The molecule has 0 aliphatic heterocycles. The first-order valence-corrected chi connectivity index (χ1v) is 9.92. The second kappa shape index (κ2) is 8.37. The summed E-state index contributed by atoms with van der Waals surface area (Å²) in [6, 6.07) is 12.1. The zero-order valence-corrected chi connectivity index (χ0v) is 17.2. The summed E-state index contributed by atoms with van der Waals surface area (Å²) in [6.07, 6.45) is 0.838. The maximum atomic E-state index is 13.0. The molecule has 31 heavy (non-hydrogen) atoms. The van der Waals surface area contributed by atoms with Crippen LogP contribution >= 0.6 is 0 Å². The highest BCUT2D eigenvalue weighted by Gasteiger charge is 2.60. The number of nitrogens with one attached hydrogen (secondary N) is 1. The maximum absolute atomic E-state index is 13.0. The van der Waals surface area contributed by atoms with Crippen molar-refractivity contribution in [3.63, 3.8) is 0 Å². The Morgan fingerprint density at radius 3 is 2.71 bits per heavy atom. The van der Waals surface area contributed by atoms with Crippen molar-refractivity contribution >= 4 is 11.7 Å². The molecule has 3 aromatic rings. The second-order valence-electron chi connectivity index (χ2n) is 7.70. The van der Waals surface area contributed by atoms with Gasteiger partial charge in [0.25, 0.3) is 6.43 Å². The highest BCUT2D eigenvalue weighted by atomic mass is 19.3. The lowest BCUT2D eigenvalue weighted by atomic mass is 9.93. The Kier molecular flexibility index (Phi) is 5.63. The van der Waals surface area contributed by atoms with Crippen LogP contribution in [-0.2, 0) is 10.2 Å². The van der Waals surface area contributed by atoms with Crippen molar-refractivity contribution in [3.8, 4) is 5.75 Å². The maximum Gasteiger partial charge on any atom is 0.264 e. The molecule has 0 unspecified atom stereocenters. The number of aryl methyl sites for hydroxylation is 2. The zero-order chi connectivity index (χ0) is 22.0. The van der Waals surface area contributed by atoms with E-state index in [1.807, 2.05) is 37.3 Å². The highest BCUT2D eigenvalue weighted by molar-refractivity contribution is 5.95. The molecule has 4 rings (SSSR count). The van der Waals surface area contributed by atoms with Crippen molar-refractivity contribution in [2.45, 2.75) is 32.1 Å². The molecule has 1 fully saturated rings. The lowest BCUT2D eigenvalue weighted by Gasteiger charge is -2.19. The lowest BCUT2D eigenvalue weighted by Crippen LogP contribution is -2.27. The van der Waals surface area contributed by atoms with E-state index >= 15 is 0 Å². The van der Waals surface area contributed by atoms with Crippen LogP contribution < -0.4 is 10.1 Å². The van der Waals surface area contributed by atoms with Gasteiger partial charge in [0.05, 0.1) is 24.4 Å². The third kappa shape index (κ3) is 4.38. The van der Waals surface area contributed by atoms with E-state index in [2.05, 4.69) is 20.3 Å². The number of amides is 1. The molecule has 8 heteroatoms. The van der Waals surface area contributed by atoms with Crippen LogP contribution in [0.2, 0.25) is 0 Å². The first-order chi connectivity index (χ1) is 14.9. The molecule has 1 amide bonds. The topological polar surface area (TPSA) is 77.0 Å². The van der Waals surface area contributed by atoms with E-state index in [1.165, 1.54) is 18.3 Å². The average Bonchev–Trinajstić information content (AvgIpc) is 3.50. The summed E-state index contributed by atoms with van der Waals surface area (Å²) < 4.78 is 31.9. The molecule has 160 valence electrons. The Morgan fingerprint density at radius 2 is 2.00 bits per heavy atom. The summed E-state index contributed by atoms with van der Waals surface area (Å²) in [5, 5.41) is 2.68. The third-order valence-electron chi connectivity index (χ3n) is 5.57. The molecule has 0 radical (unpaired) electrons. The van der Waals surface area contributed by atoms with Gasteiger partial charge < -0.3 is 10.1 Å². The number of benzene rings is 1. The number of carbonyl (C=O) groups is 1. The Balaban J connectivity index is 1.53. The van der Waals surface area contributed by atoms with Gasteiger partial charge in [-0.05, 0) is 38.0 Å². The van der Waals surface area contributed by atoms with Crippen molar-refractivity contribution in [1.82, 2.24) is 15.0 Å². The van der Waals surface area contributed by atoms with Gasteiger partial charge in [0.15, 0.2) is 5.75 Å². The van der Waals surface area contributed by atoms with Crippen LogP contribution in [0.25, 0.3) is 0 Å². The van der Waals surface area contributed by atoms with Gasteiger partial charge in [-0.1, -0.05) is 30.3 Å². The quantitative estimate of drug-likeness (QED) is 0.608. The predicted molar refractivity (Wildman–Crippen MR) is 111 cm³/mol. The summed E-state index contributed by atoms with van der Waals surface area (Å²) in [5.74, 6) is 0.685. The molecule has 1 saturated carbocycles. The molecule has 2 heterocycles. The average molecular weight is 424 g/mol. The molecule has 0 saturated heterocycles. The minimum atomic E-state index is -2.63. The number of pyridine rings is 1. The molecule has 1 aliphatic rings. The predicted octanol–water partition coefficient (Wildman–Crippen LogP) is 4.40. The Hall–Kier alpha value is -3.42. The van der Waals surface area contributed by atoms with Crippen LogP contribution in [0.15, 0.2) is 54.9 Å². The molecule has 6 nitrogen and oxygen atoms in total. The molecule has 2 atom stereocenters. The zero-order valence-electron chi connectivity index (χ0n) is 17.2. The van der Waals surface area contributed by atoms with Crippen LogP contribution in [0.1, 0.15) is 35.5 Å². The van der Waals surface area contributed by atoms with Crippen LogP contribution in [0, 0.1) is 19.8 Å². The van der Waals surface area contributed by atoms with Crippen molar-refractivity contribution in [1.29, 1.82) is 0 Å². The van der Waals surface area contributed by atoms with Crippen molar-refractivity contribution in [3.05, 3.63) is 77.5 Å². The van der Waals surface area contributed by atoms with E-state index in [9.17, 15) is 13.6 Å². The van der Waals surface area contributed by atoms with Gasteiger partial charge in [0.2, 0.25) is 5.91 Å². The number of alkyl halides is 2.